The average molecular weight is 530 g/mol. The minimum atomic E-state index is -3.94. The Labute approximate surface area is 220 Å². The number of aromatic nitrogens is 3. The third-order valence-electron chi connectivity index (χ3n) is 6.06. The molecule has 0 saturated carbocycles. The third kappa shape index (κ3) is 4.61. The van der Waals surface area contributed by atoms with Gasteiger partial charge in [-0.2, -0.15) is 0 Å². The number of pyridine rings is 1. The lowest BCUT2D eigenvalue weighted by Gasteiger charge is -2.19. The Morgan fingerprint density at radius 1 is 0.974 bits per heavy atom. The van der Waals surface area contributed by atoms with E-state index in [1.165, 1.54) is 3.97 Å². The first-order chi connectivity index (χ1) is 18.0. The van der Waals surface area contributed by atoms with Crippen LogP contribution in [0.25, 0.3) is 33.3 Å². The number of ether oxygens (including phenoxy) is 1. The number of rotatable bonds is 5. The highest BCUT2D eigenvalue weighted by Gasteiger charge is 2.24. The molecule has 0 radical (unpaired) electrons. The Hall–Kier alpha value is -4.24. The minimum Gasteiger partial charge on any atom is -0.456 e. The molecule has 0 aliphatic rings. The van der Waals surface area contributed by atoms with Gasteiger partial charge in [-0.3, -0.25) is 4.98 Å². The summed E-state index contributed by atoms with van der Waals surface area (Å²) in [4.78, 5) is 17.3. The summed E-state index contributed by atoms with van der Waals surface area (Å²) in [5, 5.41) is 4.02. The van der Waals surface area contributed by atoms with E-state index in [0.717, 1.165) is 5.56 Å². The zero-order valence-corrected chi connectivity index (χ0v) is 22.5. The fourth-order valence-electron chi connectivity index (χ4n) is 4.35. The van der Waals surface area contributed by atoms with Crippen molar-refractivity contribution in [2.75, 3.05) is 0 Å². The molecule has 2 aromatic carbocycles. The Balaban J connectivity index is 1.68. The lowest BCUT2D eigenvalue weighted by Crippen LogP contribution is -2.23. The van der Waals surface area contributed by atoms with E-state index in [1.54, 1.807) is 80.0 Å². The summed E-state index contributed by atoms with van der Waals surface area (Å²) in [5.74, 6) is 0.186. The van der Waals surface area contributed by atoms with Gasteiger partial charge in [-0.15, -0.1) is 0 Å². The normalized spacial score (nSPS) is 12.1. The Morgan fingerprint density at radius 3 is 2.26 bits per heavy atom. The van der Waals surface area contributed by atoms with Gasteiger partial charge in [-0.05, 0) is 70.5 Å². The molecule has 0 bridgehead atoms. The first kappa shape index (κ1) is 25.4. The van der Waals surface area contributed by atoms with Crippen LogP contribution in [0.4, 0.5) is 0 Å². The van der Waals surface area contributed by atoms with Crippen LogP contribution >= 0.6 is 0 Å². The van der Waals surface area contributed by atoms with Gasteiger partial charge < -0.3 is 9.26 Å². The monoisotopic (exact) mass is 529 g/mol. The number of aryl methyl sites for hydroxylation is 2. The van der Waals surface area contributed by atoms with E-state index in [2.05, 4.69) is 10.1 Å². The van der Waals surface area contributed by atoms with Crippen LogP contribution in [0.5, 0.6) is 0 Å². The lowest BCUT2D eigenvalue weighted by molar-refractivity contribution is 0.00695. The van der Waals surface area contributed by atoms with Crippen molar-refractivity contribution in [1.29, 1.82) is 0 Å². The van der Waals surface area contributed by atoms with Gasteiger partial charge in [0.15, 0.2) is 0 Å². The fraction of sp³-hybridized carbons (Fsp3) is 0.207. The van der Waals surface area contributed by atoms with Crippen molar-refractivity contribution in [3.8, 4) is 22.3 Å². The number of hydrogen-bond donors (Lipinski definition) is 0. The maximum Gasteiger partial charge on any atom is 0.338 e. The highest BCUT2D eigenvalue weighted by Crippen LogP contribution is 2.35. The number of esters is 1. The van der Waals surface area contributed by atoms with Crippen LogP contribution in [-0.4, -0.2) is 34.1 Å². The molecule has 194 valence electrons. The van der Waals surface area contributed by atoms with Gasteiger partial charge in [0.1, 0.15) is 11.4 Å². The van der Waals surface area contributed by atoms with Crippen molar-refractivity contribution in [2.24, 2.45) is 0 Å². The summed E-state index contributed by atoms with van der Waals surface area (Å²) in [7, 11) is -3.94. The Morgan fingerprint density at radius 2 is 1.66 bits per heavy atom. The standard InChI is InChI=1S/C29H27N3O5S/c1-18-26(19(2)37-31-18)22-15-25-27(30-16-22)24(17-32(25)38(34,35)23-9-7-6-8-10-23)20-11-13-21(14-12-20)28(33)36-29(3,4)5/h6-17H,1-5H3. The molecule has 5 rings (SSSR count). The number of fused-ring (bicyclic) bond motifs is 1. The molecule has 0 fully saturated rings. The molecule has 0 amide bonds. The van der Waals surface area contributed by atoms with E-state index >= 15 is 0 Å². The first-order valence-electron chi connectivity index (χ1n) is 12.0. The minimum absolute atomic E-state index is 0.159. The largest absolute Gasteiger partial charge is 0.456 e. The molecule has 8 nitrogen and oxygen atoms in total. The summed E-state index contributed by atoms with van der Waals surface area (Å²) in [5.41, 5.74) is 4.18. The summed E-state index contributed by atoms with van der Waals surface area (Å²) in [6.07, 6.45) is 3.26. The molecule has 0 atom stereocenters. The number of nitrogens with zero attached hydrogens (tertiary/aromatic N) is 3. The Bertz CT molecular complexity index is 1740. The molecule has 0 aliphatic carbocycles. The molecule has 3 heterocycles. The van der Waals surface area contributed by atoms with Crippen LogP contribution in [0.2, 0.25) is 0 Å². The van der Waals surface area contributed by atoms with Crippen LogP contribution < -0.4 is 0 Å². The molecular formula is C29H27N3O5S. The zero-order valence-electron chi connectivity index (χ0n) is 21.7. The van der Waals surface area contributed by atoms with Crippen molar-refractivity contribution in [3.05, 3.63) is 90.1 Å². The smallest absolute Gasteiger partial charge is 0.338 e. The zero-order chi connectivity index (χ0) is 27.2. The predicted octanol–water partition coefficient (Wildman–Crippen LogP) is 6.17. The number of carbonyl (C=O) groups excluding carboxylic acids is 1. The molecule has 0 unspecified atom stereocenters. The topological polar surface area (TPSA) is 104 Å². The molecule has 9 heteroatoms. The highest BCUT2D eigenvalue weighted by atomic mass is 32.2. The van der Waals surface area contributed by atoms with Crippen molar-refractivity contribution in [3.63, 3.8) is 0 Å². The molecule has 0 spiro atoms. The summed E-state index contributed by atoms with van der Waals surface area (Å²) >= 11 is 0. The van der Waals surface area contributed by atoms with E-state index in [1.807, 2.05) is 27.7 Å². The fourth-order valence-corrected chi connectivity index (χ4v) is 5.72. The maximum absolute atomic E-state index is 13.7. The van der Waals surface area contributed by atoms with Crippen molar-refractivity contribution >= 4 is 27.0 Å². The van der Waals surface area contributed by atoms with E-state index in [4.69, 9.17) is 9.26 Å². The molecule has 38 heavy (non-hydrogen) atoms. The predicted molar refractivity (Wildman–Crippen MR) is 144 cm³/mol. The Kier molecular flexibility index (Phi) is 6.19. The van der Waals surface area contributed by atoms with Crippen LogP contribution in [0, 0.1) is 13.8 Å². The molecule has 3 aromatic heterocycles. The first-order valence-corrected chi connectivity index (χ1v) is 13.5. The van der Waals surface area contributed by atoms with E-state index < -0.39 is 21.6 Å². The van der Waals surface area contributed by atoms with Crippen molar-refractivity contribution < 1.29 is 22.5 Å². The third-order valence-corrected chi connectivity index (χ3v) is 7.75. The van der Waals surface area contributed by atoms with Gasteiger partial charge in [0.25, 0.3) is 10.0 Å². The molecular weight excluding hydrogens is 502 g/mol. The molecule has 0 aliphatic heterocycles. The van der Waals surface area contributed by atoms with Gasteiger partial charge in [0.2, 0.25) is 0 Å². The number of benzene rings is 2. The van der Waals surface area contributed by atoms with E-state index in [9.17, 15) is 13.2 Å². The highest BCUT2D eigenvalue weighted by molar-refractivity contribution is 7.90. The lowest BCUT2D eigenvalue weighted by atomic mass is 10.0. The van der Waals surface area contributed by atoms with Crippen LogP contribution in [-0.2, 0) is 14.8 Å². The number of carbonyl (C=O) groups is 1. The van der Waals surface area contributed by atoms with Crippen molar-refractivity contribution in [2.45, 2.75) is 45.1 Å². The summed E-state index contributed by atoms with van der Waals surface area (Å²) in [6, 6.07) is 16.9. The second-order valence-corrected chi connectivity index (χ2v) is 11.8. The van der Waals surface area contributed by atoms with Gasteiger partial charge >= 0.3 is 5.97 Å². The van der Waals surface area contributed by atoms with E-state index in [-0.39, 0.29) is 4.90 Å². The van der Waals surface area contributed by atoms with Crippen LogP contribution in [0.3, 0.4) is 0 Å². The van der Waals surface area contributed by atoms with E-state index in [0.29, 0.717) is 44.7 Å². The number of hydrogen-bond acceptors (Lipinski definition) is 7. The second-order valence-electron chi connectivity index (χ2n) is 10.0. The van der Waals surface area contributed by atoms with Crippen LogP contribution in [0.1, 0.15) is 42.6 Å². The van der Waals surface area contributed by atoms with Crippen molar-refractivity contribution in [1.82, 2.24) is 14.1 Å². The molecule has 5 aromatic rings. The van der Waals surface area contributed by atoms with Gasteiger partial charge in [-0.1, -0.05) is 35.5 Å². The second kappa shape index (κ2) is 9.25. The SMILES string of the molecule is Cc1noc(C)c1-c1cnc2c(-c3ccc(C(=O)OC(C)(C)C)cc3)cn(S(=O)(=O)c3ccccc3)c2c1. The summed E-state index contributed by atoms with van der Waals surface area (Å²) < 4.78 is 39.5. The maximum atomic E-state index is 13.7. The molecule has 0 saturated heterocycles. The van der Waals surface area contributed by atoms with Crippen LogP contribution in [0.15, 0.2) is 82.5 Å². The average Bonchev–Trinajstić information content (AvgIpc) is 3.43. The van der Waals surface area contributed by atoms with Gasteiger partial charge in [-0.25, -0.2) is 17.2 Å². The molecule has 0 N–H and O–H groups in total. The summed E-state index contributed by atoms with van der Waals surface area (Å²) in [6.45, 7) is 9.06. The quantitative estimate of drug-likeness (QED) is 0.251. The van der Waals surface area contributed by atoms with Gasteiger partial charge in [0, 0.05) is 29.1 Å². The van der Waals surface area contributed by atoms with Gasteiger partial charge in [0.05, 0.1) is 27.2 Å².